The average Bonchev–Trinajstić information content (AvgIpc) is 2.90. The Kier molecular flexibility index (Phi) is 3.91. The number of carbonyl (C=O) groups excluding carboxylic acids is 1. The van der Waals surface area contributed by atoms with Gasteiger partial charge in [-0.1, -0.05) is 17.7 Å². The third kappa shape index (κ3) is 3.17. The van der Waals surface area contributed by atoms with Gasteiger partial charge in [0.2, 0.25) is 0 Å². The lowest BCUT2D eigenvalue weighted by Crippen LogP contribution is -2.35. The number of hydrogen-bond donors (Lipinski definition) is 1. The van der Waals surface area contributed by atoms with Gasteiger partial charge in [0, 0.05) is 5.69 Å². The molecule has 0 aliphatic rings. The second-order valence-electron chi connectivity index (χ2n) is 3.99. The minimum atomic E-state index is -1.06. The van der Waals surface area contributed by atoms with Crippen molar-refractivity contribution in [3.8, 4) is 0 Å². The number of thiazole rings is 1. The lowest BCUT2D eigenvalue weighted by atomic mass is 10.2. The fraction of sp³-hybridized carbons (Fsp3) is 0.154. The van der Waals surface area contributed by atoms with Crippen LogP contribution in [0.4, 0.5) is 5.69 Å². The van der Waals surface area contributed by atoms with Crippen LogP contribution < -0.4 is 4.90 Å². The molecule has 0 bridgehead atoms. The number of amides is 1. The molecule has 0 radical (unpaired) electrons. The highest BCUT2D eigenvalue weighted by molar-refractivity contribution is 7.11. The van der Waals surface area contributed by atoms with Gasteiger partial charge in [-0.25, -0.2) is 0 Å². The van der Waals surface area contributed by atoms with Gasteiger partial charge in [0.15, 0.2) is 0 Å². The van der Waals surface area contributed by atoms with Crippen molar-refractivity contribution < 1.29 is 14.7 Å². The summed E-state index contributed by atoms with van der Waals surface area (Å²) in [5.74, 6) is -1.41. The number of rotatable bonds is 4. The van der Waals surface area contributed by atoms with Crippen molar-refractivity contribution in [3.63, 3.8) is 0 Å². The quantitative estimate of drug-likeness (QED) is 0.929. The Labute approximate surface area is 114 Å². The molecular formula is C13H12N2O3S. The molecule has 1 N–H and O–H groups in total. The van der Waals surface area contributed by atoms with Crippen molar-refractivity contribution in [2.75, 3.05) is 11.4 Å². The molecule has 1 aromatic heterocycles. The van der Waals surface area contributed by atoms with Gasteiger partial charge in [-0.05, 0) is 19.1 Å². The smallest absolute Gasteiger partial charge is 0.323 e. The van der Waals surface area contributed by atoms with Gasteiger partial charge in [-0.3, -0.25) is 19.5 Å². The Morgan fingerprint density at radius 1 is 1.32 bits per heavy atom. The van der Waals surface area contributed by atoms with Crippen LogP contribution >= 0.6 is 11.3 Å². The predicted octanol–water partition coefficient (Wildman–Crippen LogP) is 2.18. The third-order valence-electron chi connectivity index (χ3n) is 2.53. The molecule has 0 fully saturated rings. The van der Waals surface area contributed by atoms with Gasteiger partial charge in [0.05, 0.1) is 11.7 Å². The number of anilines is 1. The third-order valence-corrected chi connectivity index (χ3v) is 3.29. The van der Waals surface area contributed by atoms with Crippen LogP contribution in [0.15, 0.2) is 36.0 Å². The normalized spacial score (nSPS) is 10.2. The van der Waals surface area contributed by atoms with Crippen LogP contribution in [0.1, 0.15) is 15.2 Å². The van der Waals surface area contributed by atoms with E-state index in [1.807, 2.05) is 19.1 Å². The number of aryl methyl sites for hydroxylation is 1. The number of carbonyl (C=O) groups is 2. The maximum atomic E-state index is 12.3. The molecule has 1 heterocycles. The van der Waals surface area contributed by atoms with Crippen LogP contribution in [0.2, 0.25) is 0 Å². The molecule has 1 amide bonds. The molecule has 1 aromatic carbocycles. The molecule has 2 aromatic rings. The van der Waals surface area contributed by atoms with E-state index in [1.165, 1.54) is 22.4 Å². The maximum absolute atomic E-state index is 12.3. The van der Waals surface area contributed by atoms with Crippen LogP contribution in [0.25, 0.3) is 0 Å². The van der Waals surface area contributed by atoms with Gasteiger partial charge in [0.1, 0.15) is 11.4 Å². The summed E-state index contributed by atoms with van der Waals surface area (Å²) in [6.45, 7) is 1.55. The minimum Gasteiger partial charge on any atom is -0.480 e. The molecule has 0 aliphatic carbocycles. The van der Waals surface area contributed by atoms with Crippen LogP contribution in [-0.2, 0) is 4.79 Å². The van der Waals surface area contributed by atoms with Crippen molar-refractivity contribution >= 4 is 28.9 Å². The van der Waals surface area contributed by atoms with E-state index in [4.69, 9.17) is 5.11 Å². The van der Waals surface area contributed by atoms with E-state index in [2.05, 4.69) is 4.98 Å². The first-order valence-corrected chi connectivity index (χ1v) is 6.44. The van der Waals surface area contributed by atoms with Crippen molar-refractivity contribution in [2.24, 2.45) is 0 Å². The zero-order chi connectivity index (χ0) is 13.8. The summed E-state index contributed by atoms with van der Waals surface area (Å²) in [4.78, 5) is 28.7. The highest BCUT2D eigenvalue weighted by Crippen LogP contribution is 2.19. The molecule has 98 valence electrons. The lowest BCUT2D eigenvalue weighted by Gasteiger charge is -2.20. The van der Waals surface area contributed by atoms with Gasteiger partial charge in [0.25, 0.3) is 5.91 Å². The first kappa shape index (κ1) is 13.2. The average molecular weight is 276 g/mol. The summed E-state index contributed by atoms with van der Waals surface area (Å²) >= 11 is 1.19. The number of hydrogen-bond acceptors (Lipinski definition) is 4. The second kappa shape index (κ2) is 5.62. The lowest BCUT2D eigenvalue weighted by molar-refractivity contribution is -0.135. The van der Waals surface area contributed by atoms with Crippen LogP contribution in [0, 0.1) is 6.92 Å². The summed E-state index contributed by atoms with van der Waals surface area (Å²) in [7, 11) is 0. The Balaban J connectivity index is 2.33. The van der Waals surface area contributed by atoms with Gasteiger partial charge in [-0.15, -0.1) is 11.3 Å². The Morgan fingerprint density at radius 2 is 2.00 bits per heavy atom. The summed E-state index contributed by atoms with van der Waals surface area (Å²) in [5, 5.41) is 8.94. The molecule has 0 spiro atoms. The summed E-state index contributed by atoms with van der Waals surface area (Å²) in [5.41, 5.74) is 3.15. The minimum absolute atomic E-state index is 0.353. The summed E-state index contributed by atoms with van der Waals surface area (Å²) in [6.07, 6.45) is 1.44. The van der Waals surface area contributed by atoms with Crippen LogP contribution in [-0.4, -0.2) is 28.5 Å². The largest absolute Gasteiger partial charge is 0.480 e. The molecule has 0 saturated heterocycles. The summed E-state index contributed by atoms with van der Waals surface area (Å²) < 4.78 is 0. The van der Waals surface area contributed by atoms with Crippen molar-refractivity contribution in [1.29, 1.82) is 0 Å². The molecule has 5 nitrogen and oxygen atoms in total. The van der Waals surface area contributed by atoms with Gasteiger partial charge in [-0.2, -0.15) is 0 Å². The number of carboxylic acids is 1. The number of aromatic nitrogens is 1. The fourth-order valence-corrected chi connectivity index (χ4v) is 2.16. The number of carboxylic acid groups (broad SMARTS) is 1. The van der Waals surface area contributed by atoms with E-state index in [9.17, 15) is 9.59 Å². The van der Waals surface area contributed by atoms with Crippen molar-refractivity contribution in [3.05, 3.63) is 46.4 Å². The molecular weight excluding hydrogens is 264 g/mol. The highest BCUT2D eigenvalue weighted by Gasteiger charge is 2.21. The molecule has 6 heteroatoms. The zero-order valence-electron chi connectivity index (χ0n) is 10.2. The van der Waals surface area contributed by atoms with E-state index < -0.39 is 5.97 Å². The second-order valence-corrected chi connectivity index (χ2v) is 4.87. The number of benzene rings is 1. The fourth-order valence-electron chi connectivity index (χ4n) is 1.59. The SMILES string of the molecule is Cc1ccc(N(CC(=O)O)C(=O)c2cncs2)cc1. The standard InChI is InChI=1S/C13H12N2O3S/c1-9-2-4-10(5-3-9)15(7-12(16)17)13(18)11-6-14-8-19-11/h2-6,8H,7H2,1H3,(H,16,17). The summed E-state index contributed by atoms with van der Waals surface area (Å²) in [6, 6.07) is 7.14. The van der Waals surface area contributed by atoms with Crippen LogP contribution in [0.5, 0.6) is 0 Å². The Hall–Kier alpha value is -2.21. The first-order chi connectivity index (χ1) is 9.08. The molecule has 0 unspecified atom stereocenters. The molecule has 0 saturated carbocycles. The van der Waals surface area contributed by atoms with Gasteiger partial charge < -0.3 is 5.11 Å². The highest BCUT2D eigenvalue weighted by atomic mass is 32.1. The molecule has 0 atom stereocenters. The maximum Gasteiger partial charge on any atom is 0.323 e. The molecule has 0 aliphatic heterocycles. The Morgan fingerprint density at radius 3 is 2.53 bits per heavy atom. The Bertz CT molecular complexity index is 578. The van der Waals surface area contributed by atoms with E-state index >= 15 is 0 Å². The topological polar surface area (TPSA) is 70.5 Å². The van der Waals surface area contributed by atoms with Gasteiger partial charge >= 0.3 is 5.97 Å². The molecule has 2 rings (SSSR count). The van der Waals surface area contributed by atoms with Crippen LogP contribution in [0.3, 0.4) is 0 Å². The zero-order valence-corrected chi connectivity index (χ0v) is 11.1. The van der Waals surface area contributed by atoms with Crippen molar-refractivity contribution in [1.82, 2.24) is 4.98 Å². The van der Waals surface area contributed by atoms with E-state index in [-0.39, 0.29) is 12.5 Å². The monoisotopic (exact) mass is 276 g/mol. The predicted molar refractivity (Wildman–Crippen MR) is 72.6 cm³/mol. The molecule has 19 heavy (non-hydrogen) atoms. The number of aliphatic carboxylic acids is 1. The van der Waals surface area contributed by atoms with E-state index in [0.29, 0.717) is 10.6 Å². The van der Waals surface area contributed by atoms with Crippen molar-refractivity contribution in [2.45, 2.75) is 6.92 Å². The first-order valence-electron chi connectivity index (χ1n) is 5.57. The number of nitrogens with zero attached hydrogens (tertiary/aromatic N) is 2. The van der Waals surface area contributed by atoms with E-state index in [1.54, 1.807) is 17.6 Å². The van der Waals surface area contributed by atoms with E-state index in [0.717, 1.165) is 5.56 Å².